The molecule has 1 aromatic carbocycles. The molecule has 2 N–H and O–H groups in total. The number of aliphatic hydroxyl groups excluding tert-OH is 1. The Kier molecular flexibility index (Phi) is 8.66. The first kappa shape index (κ1) is 24.3. The second kappa shape index (κ2) is 9.63. The number of rotatable bonds is 5. The second-order valence-electron chi connectivity index (χ2n) is 5.50. The average Bonchev–Trinajstić information content (AvgIpc) is 3.09. The maximum Gasteiger partial charge on any atom is 1.00 e. The monoisotopic (exact) mass is 403 g/mol. The second-order valence-corrected chi connectivity index (χ2v) is 5.50. The van der Waals surface area contributed by atoms with Crippen molar-refractivity contribution in [3.05, 3.63) is 45.5 Å². The van der Waals surface area contributed by atoms with Crippen molar-refractivity contribution in [1.82, 2.24) is 0 Å². The molecule has 4 atom stereocenters. The third-order valence-corrected chi connectivity index (χ3v) is 3.90. The van der Waals surface area contributed by atoms with Crippen molar-refractivity contribution in [1.29, 1.82) is 0 Å². The van der Waals surface area contributed by atoms with Crippen LogP contribution in [-0.2, 0) is 19.0 Å². The van der Waals surface area contributed by atoms with Crippen LogP contribution in [0.3, 0.4) is 0 Å². The number of carboxylic acids is 1. The molecule has 2 fully saturated rings. The van der Waals surface area contributed by atoms with Gasteiger partial charge in [0.2, 0.25) is 0 Å². The number of benzene rings is 1. The number of hydrogen-bond acceptors (Lipinski definition) is 9. The van der Waals surface area contributed by atoms with E-state index in [9.17, 15) is 24.8 Å². The van der Waals surface area contributed by atoms with Gasteiger partial charge in [0.15, 0.2) is 6.10 Å². The van der Waals surface area contributed by atoms with Gasteiger partial charge in [0.1, 0.15) is 18.8 Å². The molecular weight excluding hydrogens is 388 g/mol. The summed E-state index contributed by atoms with van der Waals surface area (Å²) in [5, 5.41) is 28.3. The molecular formula is C14H15NNa2O10. The molecule has 0 bridgehead atoms. The van der Waals surface area contributed by atoms with Crippen molar-refractivity contribution in [2.75, 3.05) is 13.2 Å². The molecule has 0 aromatic heterocycles. The van der Waals surface area contributed by atoms with Crippen molar-refractivity contribution >= 4 is 11.9 Å². The number of hydrogen-bond donors (Lipinski definition) is 2. The van der Waals surface area contributed by atoms with E-state index in [4.69, 9.17) is 19.3 Å². The zero-order chi connectivity index (χ0) is 18.2. The predicted octanol–water partition coefficient (Wildman–Crippen LogP) is -6.16. The van der Waals surface area contributed by atoms with Crippen LogP contribution in [0, 0.1) is 10.1 Å². The van der Waals surface area contributed by atoms with Crippen LogP contribution >= 0.6 is 0 Å². The minimum atomic E-state index is -2.16. The molecule has 13 heteroatoms. The van der Waals surface area contributed by atoms with Crippen molar-refractivity contribution in [3.63, 3.8) is 0 Å². The number of ether oxygens (including phenoxy) is 3. The maximum absolute atomic E-state index is 12.3. The number of esters is 1. The first-order valence-corrected chi connectivity index (χ1v) is 7.14. The van der Waals surface area contributed by atoms with Crippen molar-refractivity contribution in [2.45, 2.75) is 24.1 Å². The summed E-state index contributed by atoms with van der Waals surface area (Å²) in [6.45, 7) is -0.650. The maximum atomic E-state index is 12.3. The van der Waals surface area contributed by atoms with E-state index in [1.165, 1.54) is 24.3 Å². The summed E-state index contributed by atoms with van der Waals surface area (Å²) in [6.07, 6.45) is -3.13. The van der Waals surface area contributed by atoms with E-state index in [1.54, 1.807) is 0 Å². The molecule has 2 saturated heterocycles. The van der Waals surface area contributed by atoms with E-state index in [-0.39, 0.29) is 79.7 Å². The van der Waals surface area contributed by atoms with Crippen LogP contribution in [0.1, 0.15) is 23.6 Å². The molecule has 0 spiro atoms. The fraction of sp³-hybridized carbons (Fsp3) is 0.429. The Labute approximate surface area is 199 Å². The van der Waals surface area contributed by atoms with Crippen molar-refractivity contribution in [2.24, 2.45) is 0 Å². The van der Waals surface area contributed by atoms with Gasteiger partial charge in [-0.05, 0) is 24.3 Å². The van der Waals surface area contributed by atoms with Crippen LogP contribution in [-0.4, -0.2) is 64.6 Å². The van der Waals surface area contributed by atoms with E-state index < -0.39 is 47.7 Å². The number of fused-ring (bicyclic) bond motifs is 1. The van der Waals surface area contributed by atoms with Gasteiger partial charge >= 0.3 is 76.8 Å². The summed E-state index contributed by atoms with van der Waals surface area (Å²) in [4.78, 5) is 38.5. The summed E-state index contributed by atoms with van der Waals surface area (Å²) in [7, 11) is 0. The Morgan fingerprint density at radius 3 is 2.37 bits per heavy atom. The van der Waals surface area contributed by atoms with Crippen LogP contribution in [0.4, 0.5) is 0 Å². The largest absolute Gasteiger partial charge is 1.00 e. The third-order valence-electron chi connectivity index (χ3n) is 3.90. The molecule has 1 aromatic rings. The van der Waals surface area contributed by atoms with Gasteiger partial charge in [0.25, 0.3) is 5.09 Å². The summed E-state index contributed by atoms with van der Waals surface area (Å²) in [5.74, 6) is -4.32. The molecule has 11 nitrogen and oxygen atoms in total. The van der Waals surface area contributed by atoms with Crippen molar-refractivity contribution < 1.29 is 106 Å². The zero-order valence-corrected chi connectivity index (χ0v) is 18.6. The van der Waals surface area contributed by atoms with Crippen LogP contribution < -0.4 is 59.1 Å². The van der Waals surface area contributed by atoms with Crippen LogP contribution in [0.5, 0.6) is 0 Å². The molecule has 0 radical (unpaired) electrons. The van der Waals surface area contributed by atoms with Gasteiger partial charge in [-0.2, -0.15) is 0 Å². The fourth-order valence-electron chi connectivity index (χ4n) is 2.74. The Balaban J connectivity index is 0. The van der Waals surface area contributed by atoms with Gasteiger partial charge in [-0.1, -0.05) is 0 Å². The molecule has 0 amide bonds. The Bertz CT molecular complexity index is 725. The summed E-state index contributed by atoms with van der Waals surface area (Å²) >= 11 is 0. The molecule has 0 saturated carbocycles. The van der Waals surface area contributed by atoms with Gasteiger partial charge in [0, 0.05) is 0 Å². The molecule has 3 rings (SSSR count). The van der Waals surface area contributed by atoms with Crippen LogP contribution in [0.25, 0.3) is 0 Å². The molecule has 0 unspecified atom stereocenters. The minimum absolute atomic E-state index is 0. The van der Waals surface area contributed by atoms with E-state index in [0.29, 0.717) is 0 Å². The molecule has 0 aliphatic carbocycles. The van der Waals surface area contributed by atoms with Crippen LogP contribution in [0.2, 0.25) is 0 Å². The summed E-state index contributed by atoms with van der Waals surface area (Å²) in [6, 6.07) is 4.76. The standard InChI is InChI=1S/C14H13NO10.2Na.2H/c16-9-5-22-11-10(9)23-6-14(11,25-15(20)21)24-13(19)8-3-1-7(2-4-8)12(17)18;;;;/h1-4,9-11,16H,5-6H2,(H,17,18);;;;/q;2*+1;2*-1/t9-,10-,11+,14-;;;;/m1..../s1. The normalized spacial score (nSPS) is 28.3. The number of aliphatic hydroxyl groups is 1. The first-order valence-electron chi connectivity index (χ1n) is 7.14. The van der Waals surface area contributed by atoms with Gasteiger partial charge < -0.3 is 27.3 Å². The van der Waals surface area contributed by atoms with Gasteiger partial charge in [0.05, 0.1) is 17.7 Å². The average molecular weight is 403 g/mol. The predicted molar refractivity (Wildman–Crippen MR) is 77.3 cm³/mol. The van der Waals surface area contributed by atoms with Gasteiger partial charge in [-0.15, -0.1) is 10.1 Å². The SMILES string of the molecule is O=C(O)c1ccc(C(=O)O[C@@]2(O[N+](=O)[O-])CO[C@@H]3[C@H](O)CO[C@@H]32)cc1.[H-].[H-].[Na+].[Na+]. The minimum Gasteiger partial charge on any atom is -1.00 e. The Hall–Kier alpha value is -0.760. The van der Waals surface area contributed by atoms with E-state index in [1.807, 2.05) is 0 Å². The molecule has 2 heterocycles. The van der Waals surface area contributed by atoms with Crippen molar-refractivity contribution in [3.8, 4) is 0 Å². The first-order chi connectivity index (χ1) is 11.8. The Morgan fingerprint density at radius 1 is 1.22 bits per heavy atom. The third kappa shape index (κ3) is 5.00. The topological polar surface area (TPSA) is 155 Å². The van der Waals surface area contributed by atoms with Gasteiger partial charge in [-0.3, -0.25) is 4.84 Å². The number of aromatic carboxylic acids is 1. The van der Waals surface area contributed by atoms with E-state index in [2.05, 4.69) is 4.84 Å². The zero-order valence-electron chi connectivity index (χ0n) is 16.6. The fourth-order valence-corrected chi connectivity index (χ4v) is 2.74. The molecule has 27 heavy (non-hydrogen) atoms. The quantitative estimate of drug-likeness (QED) is 0.160. The van der Waals surface area contributed by atoms with E-state index >= 15 is 0 Å². The Morgan fingerprint density at radius 2 is 1.81 bits per heavy atom. The van der Waals surface area contributed by atoms with E-state index in [0.717, 1.165) is 0 Å². The number of carbonyl (C=O) groups excluding carboxylic acids is 1. The number of carboxylic acid groups (broad SMARTS) is 1. The molecule has 2 aliphatic heterocycles. The number of nitrogens with zero attached hydrogens (tertiary/aromatic N) is 1. The molecule has 138 valence electrons. The molecule has 2 aliphatic rings. The summed E-state index contributed by atoms with van der Waals surface area (Å²) < 4.78 is 15.6. The summed E-state index contributed by atoms with van der Waals surface area (Å²) in [5.41, 5.74) is -0.0855. The van der Waals surface area contributed by atoms with Gasteiger partial charge in [-0.25, -0.2) is 9.59 Å². The number of carbonyl (C=O) groups is 2. The smallest absolute Gasteiger partial charge is 1.00 e. The van der Waals surface area contributed by atoms with Crippen LogP contribution in [0.15, 0.2) is 24.3 Å².